The molecule has 0 bridgehead atoms. The van der Waals surface area contributed by atoms with Gasteiger partial charge in [0.05, 0.1) is 18.4 Å². The van der Waals surface area contributed by atoms with E-state index in [0.717, 1.165) is 17.7 Å². The molecule has 2 amide bonds. The summed E-state index contributed by atoms with van der Waals surface area (Å²) in [6.45, 7) is 1.56. The van der Waals surface area contributed by atoms with E-state index in [2.05, 4.69) is 10.6 Å². The molecule has 2 aromatic carbocycles. The predicted molar refractivity (Wildman–Crippen MR) is 85.0 cm³/mol. The zero-order chi connectivity index (χ0) is 18.6. The van der Waals surface area contributed by atoms with Crippen molar-refractivity contribution in [3.63, 3.8) is 0 Å². The van der Waals surface area contributed by atoms with Crippen molar-refractivity contribution in [2.24, 2.45) is 0 Å². The minimum absolute atomic E-state index is 0.00122. The second-order valence-corrected chi connectivity index (χ2v) is 5.36. The van der Waals surface area contributed by atoms with Crippen molar-refractivity contribution in [1.29, 1.82) is 0 Å². The van der Waals surface area contributed by atoms with Crippen LogP contribution in [0.4, 0.5) is 28.0 Å². The molecule has 134 valence electrons. The first kappa shape index (κ1) is 18.6. The van der Waals surface area contributed by atoms with E-state index in [4.69, 9.17) is 4.74 Å². The molecule has 0 aromatic heterocycles. The van der Waals surface area contributed by atoms with E-state index in [-0.39, 0.29) is 12.1 Å². The van der Waals surface area contributed by atoms with Gasteiger partial charge < -0.3 is 15.4 Å². The van der Waals surface area contributed by atoms with Gasteiger partial charge in [-0.25, -0.2) is 9.18 Å². The third kappa shape index (κ3) is 5.10. The number of carbonyl (C=O) groups excluding carboxylic acids is 1. The van der Waals surface area contributed by atoms with Gasteiger partial charge in [-0.2, -0.15) is 13.2 Å². The van der Waals surface area contributed by atoms with Crippen LogP contribution in [0.15, 0.2) is 36.4 Å². The van der Waals surface area contributed by atoms with Crippen LogP contribution in [-0.2, 0) is 12.7 Å². The number of methoxy groups -OCH3 is 1. The second-order valence-electron chi connectivity index (χ2n) is 5.36. The molecule has 0 aliphatic heterocycles. The molecule has 25 heavy (non-hydrogen) atoms. The molecule has 0 atom stereocenters. The van der Waals surface area contributed by atoms with Gasteiger partial charge in [0, 0.05) is 6.54 Å². The molecule has 2 aromatic rings. The average molecular weight is 356 g/mol. The Morgan fingerprint density at radius 1 is 1.16 bits per heavy atom. The van der Waals surface area contributed by atoms with Gasteiger partial charge in [-0.05, 0) is 48.4 Å². The molecule has 8 heteroatoms. The van der Waals surface area contributed by atoms with Crippen molar-refractivity contribution in [3.05, 3.63) is 58.9 Å². The van der Waals surface area contributed by atoms with Crippen LogP contribution < -0.4 is 15.4 Å². The maximum absolute atomic E-state index is 13.3. The van der Waals surface area contributed by atoms with Crippen LogP contribution >= 0.6 is 0 Å². The quantitative estimate of drug-likeness (QED) is 0.794. The number of ether oxygens (including phenoxy) is 1. The topological polar surface area (TPSA) is 50.4 Å². The van der Waals surface area contributed by atoms with Gasteiger partial charge in [0.15, 0.2) is 0 Å². The van der Waals surface area contributed by atoms with Crippen LogP contribution in [0.3, 0.4) is 0 Å². The van der Waals surface area contributed by atoms with Crippen LogP contribution in [0.25, 0.3) is 0 Å². The number of aryl methyl sites for hydroxylation is 1. The highest BCUT2D eigenvalue weighted by molar-refractivity contribution is 5.91. The number of benzene rings is 2. The number of hydrogen-bond acceptors (Lipinski definition) is 2. The van der Waals surface area contributed by atoms with E-state index in [1.807, 2.05) is 6.92 Å². The molecule has 0 saturated heterocycles. The SMILES string of the molecule is COc1ccc(C)cc1NC(=O)NCc1cc(F)cc(C(F)(F)F)c1. The molecule has 2 rings (SSSR count). The minimum atomic E-state index is -4.66. The first-order chi connectivity index (χ1) is 11.7. The summed E-state index contributed by atoms with van der Waals surface area (Å²) in [5.41, 5.74) is 0.190. The number of rotatable bonds is 4. The zero-order valence-corrected chi connectivity index (χ0v) is 13.5. The molecule has 4 nitrogen and oxygen atoms in total. The number of alkyl halides is 3. The fourth-order valence-electron chi connectivity index (χ4n) is 2.18. The summed E-state index contributed by atoms with van der Waals surface area (Å²) < 4.78 is 56.5. The predicted octanol–water partition coefficient (Wildman–Crippen LogP) is 4.48. The average Bonchev–Trinajstić information content (AvgIpc) is 2.52. The lowest BCUT2D eigenvalue weighted by molar-refractivity contribution is -0.137. The molecule has 0 radical (unpaired) electrons. The first-order valence-electron chi connectivity index (χ1n) is 7.25. The number of carbonyl (C=O) groups is 1. The van der Waals surface area contributed by atoms with Gasteiger partial charge in [0.1, 0.15) is 11.6 Å². The Morgan fingerprint density at radius 2 is 1.88 bits per heavy atom. The lowest BCUT2D eigenvalue weighted by Gasteiger charge is -2.13. The fraction of sp³-hybridized carbons (Fsp3) is 0.235. The van der Waals surface area contributed by atoms with Crippen molar-refractivity contribution in [1.82, 2.24) is 5.32 Å². The van der Waals surface area contributed by atoms with Crippen molar-refractivity contribution >= 4 is 11.7 Å². The monoisotopic (exact) mass is 356 g/mol. The number of halogens is 4. The van der Waals surface area contributed by atoms with Crippen LogP contribution in [-0.4, -0.2) is 13.1 Å². The van der Waals surface area contributed by atoms with Gasteiger partial charge in [0.25, 0.3) is 0 Å². The minimum Gasteiger partial charge on any atom is -0.495 e. The highest BCUT2D eigenvalue weighted by Crippen LogP contribution is 2.30. The Balaban J connectivity index is 2.06. The molecule has 0 aliphatic carbocycles. The maximum atomic E-state index is 13.3. The van der Waals surface area contributed by atoms with Gasteiger partial charge >= 0.3 is 12.2 Å². The highest BCUT2D eigenvalue weighted by Gasteiger charge is 2.31. The molecule has 0 heterocycles. The smallest absolute Gasteiger partial charge is 0.416 e. The molecule has 0 fully saturated rings. The van der Waals surface area contributed by atoms with Gasteiger partial charge in [-0.3, -0.25) is 0 Å². The van der Waals surface area contributed by atoms with Crippen LogP contribution in [0.1, 0.15) is 16.7 Å². The van der Waals surface area contributed by atoms with Gasteiger partial charge in [0.2, 0.25) is 0 Å². The van der Waals surface area contributed by atoms with Gasteiger partial charge in [-0.1, -0.05) is 6.07 Å². The van der Waals surface area contributed by atoms with E-state index >= 15 is 0 Å². The maximum Gasteiger partial charge on any atom is 0.416 e. The first-order valence-corrected chi connectivity index (χ1v) is 7.25. The van der Waals surface area contributed by atoms with Gasteiger partial charge in [-0.15, -0.1) is 0 Å². The summed E-state index contributed by atoms with van der Waals surface area (Å²) in [7, 11) is 1.44. The van der Waals surface area contributed by atoms with E-state index in [9.17, 15) is 22.4 Å². The van der Waals surface area contributed by atoms with Crippen LogP contribution in [0.5, 0.6) is 5.75 Å². The van der Waals surface area contributed by atoms with E-state index < -0.39 is 23.6 Å². The molecule has 0 spiro atoms. The van der Waals surface area contributed by atoms with E-state index in [1.54, 1.807) is 18.2 Å². The Morgan fingerprint density at radius 3 is 2.52 bits per heavy atom. The summed E-state index contributed by atoms with van der Waals surface area (Å²) in [5.74, 6) is -0.585. The zero-order valence-electron chi connectivity index (χ0n) is 13.5. The highest BCUT2D eigenvalue weighted by atomic mass is 19.4. The molecule has 0 unspecified atom stereocenters. The van der Waals surface area contributed by atoms with E-state index in [0.29, 0.717) is 17.5 Å². The van der Waals surface area contributed by atoms with E-state index in [1.165, 1.54) is 7.11 Å². The third-order valence-corrected chi connectivity index (χ3v) is 3.34. The standard InChI is InChI=1S/C17H16F4N2O2/c1-10-3-4-15(25-2)14(5-10)23-16(24)22-9-11-6-12(17(19,20)21)8-13(18)7-11/h3-8H,9H2,1-2H3,(H2,22,23,24). The Labute approximate surface area is 141 Å². The normalized spacial score (nSPS) is 11.1. The van der Waals surface area contributed by atoms with Crippen molar-refractivity contribution in [3.8, 4) is 5.75 Å². The van der Waals surface area contributed by atoms with Crippen LogP contribution in [0, 0.1) is 12.7 Å². The molecular weight excluding hydrogens is 340 g/mol. The number of urea groups is 1. The second kappa shape index (κ2) is 7.42. The summed E-state index contributed by atoms with van der Waals surface area (Å²) in [6, 6.07) is 6.63. The number of nitrogens with one attached hydrogen (secondary N) is 2. The third-order valence-electron chi connectivity index (χ3n) is 3.34. The Hall–Kier alpha value is -2.77. The Kier molecular flexibility index (Phi) is 5.51. The largest absolute Gasteiger partial charge is 0.495 e. The number of anilines is 1. The van der Waals surface area contributed by atoms with Crippen molar-refractivity contribution in [2.75, 3.05) is 12.4 Å². The molecule has 2 N–H and O–H groups in total. The molecule has 0 aliphatic rings. The fourth-order valence-corrected chi connectivity index (χ4v) is 2.18. The summed E-state index contributed by atoms with van der Waals surface area (Å²) in [5, 5.41) is 4.93. The summed E-state index contributed by atoms with van der Waals surface area (Å²) >= 11 is 0. The lowest BCUT2D eigenvalue weighted by atomic mass is 10.1. The summed E-state index contributed by atoms with van der Waals surface area (Å²) in [4.78, 5) is 11.9. The van der Waals surface area contributed by atoms with Crippen molar-refractivity contribution in [2.45, 2.75) is 19.6 Å². The Bertz CT molecular complexity index is 776. The molecular formula is C17H16F4N2O2. The summed E-state index contributed by atoms with van der Waals surface area (Å²) in [6.07, 6.45) is -4.66. The van der Waals surface area contributed by atoms with Crippen molar-refractivity contribution < 1.29 is 27.1 Å². The lowest BCUT2D eigenvalue weighted by Crippen LogP contribution is -2.28. The van der Waals surface area contributed by atoms with Crippen LogP contribution in [0.2, 0.25) is 0 Å². The number of amides is 2. The number of hydrogen-bond donors (Lipinski definition) is 2. The molecule has 0 saturated carbocycles.